The van der Waals surface area contributed by atoms with Gasteiger partial charge < -0.3 is 9.47 Å². The van der Waals surface area contributed by atoms with Crippen molar-refractivity contribution >= 4 is 40.3 Å². The summed E-state index contributed by atoms with van der Waals surface area (Å²) in [6, 6.07) is 25.6. The average Bonchev–Trinajstić information content (AvgIpc) is 3.09. The molecule has 3 aromatic carbocycles. The fraction of sp³-hybridized carbons (Fsp3) is 0.185. The summed E-state index contributed by atoms with van der Waals surface area (Å²) in [6.07, 6.45) is 2.67. The van der Waals surface area contributed by atoms with Crippen LogP contribution in [0.15, 0.2) is 83.8 Å². The number of thiocarbonyl (C=S) groups is 1. The van der Waals surface area contributed by atoms with Crippen LogP contribution >= 0.6 is 24.0 Å². The molecule has 0 saturated carbocycles. The minimum Gasteiger partial charge on any atom is -0.493 e. The summed E-state index contributed by atoms with van der Waals surface area (Å²) in [7, 11) is 0. The first kappa shape index (κ1) is 23.1. The molecule has 1 amide bonds. The first-order chi connectivity index (χ1) is 16.1. The predicted octanol–water partition coefficient (Wildman–Crippen LogP) is 6.24. The van der Waals surface area contributed by atoms with Gasteiger partial charge in [-0.1, -0.05) is 84.6 Å². The molecule has 0 bridgehead atoms. The third-order valence-electron chi connectivity index (χ3n) is 5.14. The van der Waals surface area contributed by atoms with Gasteiger partial charge in [0.05, 0.1) is 24.7 Å². The van der Waals surface area contributed by atoms with E-state index in [0.29, 0.717) is 29.0 Å². The van der Waals surface area contributed by atoms with Gasteiger partial charge in [0.1, 0.15) is 15.8 Å². The second-order valence-corrected chi connectivity index (χ2v) is 9.31. The molecule has 0 radical (unpaired) electrons. The van der Waals surface area contributed by atoms with Crippen LogP contribution in [0.4, 0.5) is 0 Å². The van der Waals surface area contributed by atoms with Crippen LogP contribution in [0.3, 0.4) is 0 Å². The molecule has 0 atom stereocenters. The van der Waals surface area contributed by atoms with E-state index in [0.717, 1.165) is 34.6 Å². The second kappa shape index (κ2) is 11.2. The lowest BCUT2D eigenvalue weighted by atomic mass is 10.2. The smallest absolute Gasteiger partial charge is 0.266 e. The van der Waals surface area contributed by atoms with Gasteiger partial charge in [-0.2, -0.15) is 0 Å². The quantitative estimate of drug-likeness (QED) is 0.208. The lowest BCUT2D eigenvalue weighted by Gasteiger charge is -2.14. The van der Waals surface area contributed by atoms with E-state index < -0.39 is 0 Å². The van der Waals surface area contributed by atoms with Gasteiger partial charge in [-0.05, 0) is 47.9 Å². The number of nitrogens with zero attached hydrogens (tertiary/aromatic N) is 1. The Hall–Kier alpha value is -3.09. The lowest BCUT2D eigenvalue weighted by molar-refractivity contribution is -0.122. The zero-order valence-electron chi connectivity index (χ0n) is 18.4. The highest BCUT2D eigenvalue weighted by molar-refractivity contribution is 8.26. The van der Waals surface area contributed by atoms with Crippen molar-refractivity contribution in [2.75, 3.05) is 13.2 Å². The third kappa shape index (κ3) is 6.24. The molecule has 0 aliphatic carbocycles. The van der Waals surface area contributed by atoms with Gasteiger partial charge in [0, 0.05) is 6.42 Å². The summed E-state index contributed by atoms with van der Waals surface area (Å²) in [5, 5.41) is 0. The molecule has 0 N–H and O–H groups in total. The van der Waals surface area contributed by atoms with Gasteiger partial charge in [0.15, 0.2) is 0 Å². The zero-order valence-corrected chi connectivity index (χ0v) is 20.0. The molecule has 4 nitrogen and oxygen atoms in total. The number of para-hydroxylation sites is 1. The van der Waals surface area contributed by atoms with Gasteiger partial charge in [-0.15, -0.1) is 0 Å². The van der Waals surface area contributed by atoms with Crippen LogP contribution in [-0.4, -0.2) is 28.3 Å². The molecular weight excluding hydrogens is 450 g/mol. The number of carbonyl (C=O) groups excluding carboxylic acids is 1. The van der Waals surface area contributed by atoms with Crippen molar-refractivity contribution in [3.63, 3.8) is 0 Å². The summed E-state index contributed by atoms with van der Waals surface area (Å²) in [5.41, 5.74) is 3.12. The monoisotopic (exact) mass is 475 g/mol. The molecule has 1 aliphatic rings. The number of ether oxygens (including phenoxy) is 2. The Morgan fingerprint density at radius 1 is 0.909 bits per heavy atom. The van der Waals surface area contributed by atoms with E-state index in [-0.39, 0.29) is 5.91 Å². The summed E-state index contributed by atoms with van der Waals surface area (Å²) in [6.45, 7) is 3.70. The maximum Gasteiger partial charge on any atom is 0.266 e. The maximum absolute atomic E-state index is 12.8. The highest BCUT2D eigenvalue weighted by Crippen LogP contribution is 2.33. The van der Waals surface area contributed by atoms with Crippen molar-refractivity contribution in [1.29, 1.82) is 0 Å². The number of hydrogen-bond donors (Lipinski definition) is 0. The number of thioether (sulfide) groups is 1. The van der Waals surface area contributed by atoms with Crippen molar-refractivity contribution in [2.24, 2.45) is 0 Å². The van der Waals surface area contributed by atoms with Crippen LogP contribution in [0.25, 0.3) is 6.08 Å². The minimum absolute atomic E-state index is 0.0529. The van der Waals surface area contributed by atoms with E-state index in [4.69, 9.17) is 21.7 Å². The van der Waals surface area contributed by atoms with Crippen LogP contribution in [0.2, 0.25) is 0 Å². The minimum atomic E-state index is -0.0529. The van der Waals surface area contributed by atoms with E-state index in [9.17, 15) is 4.79 Å². The predicted molar refractivity (Wildman–Crippen MR) is 138 cm³/mol. The molecule has 1 heterocycles. The Balaban J connectivity index is 1.27. The summed E-state index contributed by atoms with van der Waals surface area (Å²) in [5.74, 6) is 1.65. The molecule has 0 unspecified atom stereocenters. The van der Waals surface area contributed by atoms with Gasteiger partial charge in [0.25, 0.3) is 5.91 Å². The van der Waals surface area contributed by atoms with Crippen LogP contribution in [0, 0.1) is 6.92 Å². The zero-order chi connectivity index (χ0) is 23.0. The van der Waals surface area contributed by atoms with Gasteiger partial charge in [-0.25, -0.2) is 0 Å². The largest absolute Gasteiger partial charge is 0.493 e. The van der Waals surface area contributed by atoms with Gasteiger partial charge in [-0.3, -0.25) is 9.69 Å². The van der Waals surface area contributed by atoms with Crippen molar-refractivity contribution in [1.82, 2.24) is 4.90 Å². The molecule has 3 aromatic rings. The molecule has 6 heteroatoms. The molecule has 4 rings (SSSR count). The number of amides is 1. The highest BCUT2D eigenvalue weighted by atomic mass is 32.2. The molecule has 1 fully saturated rings. The van der Waals surface area contributed by atoms with Gasteiger partial charge in [0.2, 0.25) is 0 Å². The first-order valence-electron chi connectivity index (χ1n) is 10.8. The SMILES string of the molecule is Cc1ccccc1OCCCOc1ccc(/C=C2\SC(=S)N(Cc3ccccc3)C2=O)cc1. The fourth-order valence-electron chi connectivity index (χ4n) is 3.36. The highest BCUT2D eigenvalue weighted by Gasteiger charge is 2.31. The van der Waals surface area contributed by atoms with Crippen LogP contribution in [0.1, 0.15) is 23.1 Å². The normalized spacial score (nSPS) is 14.7. The molecule has 0 aromatic heterocycles. The number of aryl methyl sites for hydroxylation is 1. The Labute approximate surface area is 204 Å². The van der Waals surface area contributed by atoms with Crippen molar-refractivity contribution < 1.29 is 14.3 Å². The third-order valence-corrected chi connectivity index (χ3v) is 6.52. The molecule has 168 valence electrons. The van der Waals surface area contributed by atoms with Crippen molar-refractivity contribution in [3.05, 3.63) is 100 Å². The van der Waals surface area contributed by atoms with Crippen LogP contribution in [0.5, 0.6) is 11.5 Å². The molecule has 33 heavy (non-hydrogen) atoms. The van der Waals surface area contributed by atoms with Crippen molar-refractivity contribution in [2.45, 2.75) is 19.9 Å². The first-order valence-corrected chi connectivity index (χ1v) is 12.0. The van der Waals surface area contributed by atoms with E-state index in [1.165, 1.54) is 11.8 Å². The number of hydrogen-bond acceptors (Lipinski definition) is 5. The standard InChI is InChI=1S/C27H25NO3S2/c1-20-8-5-6-11-24(20)31-17-7-16-30-23-14-12-21(13-15-23)18-25-26(29)28(27(32)33-25)19-22-9-3-2-4-10-22/h2-6,8-15,18H,7,16-17,19H2,1H3/b25-18-. The Kier molecular flexibility index (Phi) is 7.81. The Morgan fingerprint density at radius 3 is 2.36 bits per heavy atom. The average molecular weight is 476 g/mol. The number of benzene rings is 3. The van der Waals surface area contributed by atoms with Gasteiger partial charge >= 0.3 is 0 Å². The summed E-state index contributed by atoms with van der Waals surface area (Å²) in [4.78, 5) is 15.1. The Morgan fingerprint density at radius 2 is 1.61 bits per heavy atom. The topological polar surface area (TPSA) is 38.8 Å². The second-order valence-electron chi connectivity index (χ2n) is 7.64. The number of rotatable bonds is 9. The van der Waals surface area contributed by atoms with Crippen molar-refractivity contribution in [3.8, 4) is 11.5 Å². The maximum atomic E-state index is 12.8. The van der Waals surface area contributed by atoms with Crippen LogP contribution in [-0.2, 0) is 11.3 Å². The van der Waals surface area contributed by atoms with E-state index in [1.54, 1.807) is 4.90 Å². The lowest BCUT2D eigenvalue weighted by Crippen LogP contribution is -2.27. The number of carbonyl (C=O) groups is 1. The van der Waals surface area contributed by atoms with Crippen LogP contribution < -0.4 is 9.47 Å². The summed E-state index contributed by atoms with van der Waals surface area (Å²) >= 11 is 6.78. The van der Waals surface area contributed by atoms with E-state index in [2.05, 4.69) is 0 Å². The summed E-state index contributed by atoms with van der Waals surface area (Å²) < 4.78 is 12.2. The fourth-order valence-corrected chi connectivity index (χ4v) is 4.62. The molecule has 0 spiro atoms. The van der Waals surface area contributed by atoms with E-state index in [1.807, 2.05) is 91.9 Å². The molecular formula is C27H25NO3S2. The van der Waals surface area contributed by atoms with E-state index >= 15 is 0 Å². The molecule has 1 aliphatic heterocycles. The molecule has 1 saturated heterocycles. The Bertz CT molecular complexity index is 1140.